The van der Waals surface area contributed by atoms with Gasteiger partial charge in [0, 0.05) is 31.8 Å². The highest BCUT2D eigenvalue weighted by atomic mass is 32.2. The van der Waals surface area contributed by atoms with Crippen LogP contribution < -0.4 is 5.32 Å². The van der Waals surface area contributed by atoms with Crippen molar-refractivity contribution in [3.05, 3.63) is 0 Å². The van der Waals surface area contributed by atoms with Gasteiger partial charge in [0.05, 0.1) is 0 Å². The number of thioether (sulfide) groups is 1. The van der Waals surface area contributed by atoms with Gasteiger partial charge in [0.1, 0.15) is 0 Å². The number of rotatable bonds is 9. The third-order valence-electron chi connectivity index (χ3n) is 3.38. The molecule has 114 valence electrons. The highest BCUT2D eigenvalue weighted by molar-refractivity contribution is 7.99. The van der Waals surface area contributed by atoms with Gasteiger partial charge in [-0.3, -0.25) is 19.3 Å². The number of imide groups is 1. The first-order valence-electron chi connectivity index (χ1n) is 7.28. The lowest BCUT2D eigenvalue weighted by Crippen LogP contribution is -2.38. The van der Waals surface area contributed by atoms with E-state index in [0.29, 0.717) is 32.4 Å². The highest BCUT2D eigenvalue weighted by Crippen LogP contribution is 2.21. The summed E-state index contributed by atoms with van der Waals surface area (Å²) in [6.07, 6.45) is 2.39. The number of carbonyl (C=O) groups is 3. The van der Waals surface area contributed by atoms with Crippen LogP contribution in [0, 0.1) is 5.92 Å². The van der Waals surface area contributed by atoms with Gasteiger partial charge in [-0.15, -0.1) is 0 Å². The van der Waals surface area contributed by atoms with Crippen molar-refractivity contribution in [2.45, 2.75) is 39.5 Å². The van der Waals surface area contributed by atoms with Gasteiger partial charge in [-0.1, -0.05) is 13.8 Å². The van der Waals surface area contributed by atoms with E-state index in [1.165, 1.54) is 4.90 Å². The quantitative estimate of drug-likeness (QED) is 0.516. The zero-order chi connectivity index (χ0) is 15.0. The maximum absolute atomic E-state index is 11.9. The van der Waals surface area contributed by atoms with Crippen molar-refractivity contribution >= 4 is 29.5 Å². The van der Waals surface area contributed by atoms with Crippen LogP contribution in [-0.4, -0.2) is 47.2 Å². The number of amides is 3. The van der Waals surface area contributed by atoms with Crippen molar-refractivity contribution in [3.63, 3.8) is 0 Å². The molecule has 5 nitrogen and oxygen atoms in total. The van der Waals surface area contributed by atoms with E-state index in [2.05, 4.69) is 12.2 Å². The van der Waals surface area contributed by atoms with Gasteiger partial charge in [0.15, 0.2) is 0 Å². The van der Waals surface area contributed by atoms with E-state index >= 15 is 0 Å². The average Bonchev–Trinajstić information content (AvgIpc) is 2.70. The highest BCUT2D eigenvalue weighted by Gasteiger charge is 2.36. The molecule has 1 saturated heterocycles. The Morgan fingerprint density at radius 2 is 2.15 bits per heavy atom. The van der Waals surface area contributed by atoms with E-state index in [9.17, 15) is 14.4 Å². The normalized spacial score (nSPS) is 18.7. The molecule has 0 aliphatic carbocycles. The molecule has 0 spiro atoms. The van der Waals surface area contributed by atoms with Crippen LogP contribution in [0.2, 0.25) is 0 Å². The molecule has 0 aromatic carbocycles. The van der Waals surface area contributed by atoms with Crippen molar-refractivity contribution in [2.75, 3.05) is 24.6 Å². The molecule has 1 aliphatic rings. The molecular formula is C14H24N2O3S. The molecule has 1 unspecified atom stereocenters. The van der Waals surface area contributed by atoms with Crippen LogP contribution in [0.5, 0.6) is 0 Å². The topological polar surface area (TPSA) is 66.5 Å². The second kappa shape index (κ2) is 9.00. The third-order valence-corrected chi connectivity index (χ3v) is 4.37. The summed E-state index contributed by atoms with van der Waals surface area (Å²) in [6.45, 7) is 4.66. The molecule has 1 fully saturated rings. The summed E-state index contributed by atoms with van der Waals surface area (Å²) in [5.74, 6) is 1.68. The van der Waals surface area contributed by atoms with Gasteiger partial charge >= 0.3 is 0 Å². The maximum Gasteiger partial charge on any atom is 0.232 e. The number of hydrogen-bond acceptors (Lipinski definition) is 4. The number of likely N-dealkylation sites (tertiary alicyclic amines) is 1. The Bertz CT molecular complexity index is 360. The molecule has 0 saturated carbocycles. The zero-order valence-corrected chi connectivity index (χ0v) is 13.1. The fourth-order valence-corrected chi connectivity index (χ4v) is 2.82. The van der Waals surface area contributed by atoms with E-state index in [1.54, 1.807) is 0 Å². The molecule has 1 rings (SSSR count). The predicted octanol–water partition coefficient (Wildman–Crippen LogP) is 1.42. The van der Waals surface area contributed by atoms with Crippen LogP contribution in [0.4, 0.5) is 0 Å². The molecule has 1 heterocycles. The first-order valence-corrected chi connectivity index (χ1v) is 8.44. The van der Waals surface area contributed by atoms with E-state index in [-0.39, 0.29) is 23.6 Å². The molecule has 0 aromatic heterocycles. The third kappa shape index (κ3) is 5.15. The van der Waals surface area contributed by atoms with E-state index in [4.69, 9.17) is 0 Å². The maximum atomic E-state index is 11.9. The Balaban J connectivity index is 2.19. The largest absolute Gasteiger partial charge is 0.354 e. The first kappa shape index (κ1) is 17.0. The lowest BCUT2D eigenvalue weighted by atomic mass is 10.1. The molecule has 0 aromatic rings. The number of nitrogens with one attached hydrogen (secondary N) is 1. The SMILES string of the molecule is CCSCCCC(=O)NCCN1C(=O)CC(CC)C1=O. The zero-order valence-electron chi connectivity index (χ0n) is 12.3. The molecule has 6 heteroatoms. The predicted molar refractivity (Wildman–Crippen MR) is 80.4 cm³/mol. The summed E-state index contributed by atoms with van der Waals surface area (Å²) in [6, 6.07) is 0. The lowest BCUT2D eigenvalue weighted by molar-refractivity contribution is -0.139. The molecule has 1 atom stereocenters. The van der Waals surface area contributed by atoms with Crippen LogP contribution >= 0.6 is 11.8 Å². The molecule has 20 heavy (non-hydrogen) atoms. The fourth-order valence-electron chi connectivity index (χ4n) is 2.18. The Hall–Kier alpha value is -1.04. The molecule has 3 amide bonds. The van der Waals surface area contributed by atoms with Gasteiger partial charge < -0.3 is 5.32 Å². The van der Waals surface area contributed by atoms with Gasteiger partial charge in [-0.25, -0.2) is 0 Å². The monoisotopic (exact) mass is 300 g/mol. The molecular weight excluding hydrogens is 276 g/mol. The van der Waals surface area contributed by atoms with Gasteiger partial charge in [0.2, 0.25) is 17.7 Å². The van der Waals surface area contributed by atoms with Gasteiger partial charge in [0.25, 0.3) is 0 Å². The summed E-state index contributed by atoms with van der Waals surface area (Å²) in [4.78, 5) is 36.4. The standard InChI is InChI=1S/C14H24N2O3S/c1-3-11-10-13(18)16(14(11)19)8-7-15-12(17)6-5-9-20-4-2/h11H,3-10H2,1-2H3,(H,15,17). The van der Waals surface area contributed by atoms with E-state index < -0.39 is 0 Å². The van der Waals surface area contributed by atoms with Crippen molar-refractivity contribution < 1.29 is 14.4 Å². The van der Waals surface area contributed by atoms with Crippen LogP contribution in [0.1, 0.15) is 39.5 Å². The number of nitrogens with zero attached hydrogens (tertiary/aromatic N) is 1. The summed E-state index contributed by atoms with van der Waals surface area (Å²) in [5, 5.41) is 2.77. The van der Waals surface area contributed by atoms with Crippen molar-refractivity contribution in [3.8, 4) is 0 Å². The minimum atomic E-state index is -0.163. The summed E-state index contributed by atoms with van der Waals surface area (Å²) in [5.41, 5.74) is 0. The second-order valence-electron chi connectivity index (χ2n) is 4.84. The molecule has 1 N–H and O–H groups in total. The van der Waals surface area contributed by atoms with Gasteiger partial charge in [-0.2, -0.15) is 11.8 Å². The summed E-state index contributed by atoms with van der Waals surface area (Å²) in [7, 11) is 0. The van der Waals surface area contributed by atoms with Crippen LogP contribution in [0.15, 0.2) is 0 Å². The molecule has 0 radical (unpaired) electrons. The lowest BCUT2D eigenvalue weighted by Gasteiger charge is -2.15. The summed E-state index contributed by atoms with van der Waals surface area (Å²) < 4.78 is 0. The minimum Gasteiger partial charge on any atom is -0.354 e. The Kier molecular flexibility index (Phi) is 7.65. The number of carbonyl (C=O) groups excluding carboxylic acids is 3. The minimum absolute atomic E-state index is 0.00663. The molecule has 0 bridgehead atoms. The fraction of sp³-hybridized carbons (Fsp3) is 0.786. The van der Waals surface area contributed by atoms with Crippen LogP contribution in [-0.2, 0) is 14.4 Å². The van der Waals surface area contributed by atoms with Gasteiger partial charge in [-0.05, 0) is 24.3 Å². The second-order valence-corrected chi connectivity index (χ2v) is 6.24. The van der Waals surface area contributed by atoms with Crippen molar-refractivity contribution in [1.82, 2.24) is 10.2 Å². The Morgan fingerprint density at radius 3 is 2.75 bits per heavy atom. The Morgan fingerprint density at radius 1 is 1.40 bits per heavy atom. The van der Waals surface area contributed by atoms with Crippen molar-refractivity contribution in [1.29, 1.82) is 0 Å². The van der Waals surface area contributed by atoms with E-state index in [1.807, 2.05) is 18.7 Å². The average molecular weight is 300 g/mol. The van der Waals surface area contributed by atoms with E-state index in [0.717, 1.165) is 17.9 Å². The first-order chi connectivity index (χ1) is 9.60. The number of hydrogen-bond donors (Lipinski definition) is 1. The van der Waals surface area contributed by atoms with Crippen molar-refractivity contribution in [2.24, 2.45) is 5.92 Å². The van der Waals surface area contributed by atoms with Crippen LogP contribution in [0.3, 0.4) is 0 Å². The molecule has 1 aliphatic heterocycles. The Labute approximate surface area is 124 Å². The van der Waals surface area contributed by atoms with Crippen LogP contribution in [0.25, 0.3) is 0 Å². The smallest absolute Gasteiger partial charge is 0.232 e. The summed E-state index contributed by atoms with van der Waals surface area (Å²) >= 11 is 1.82.